The van der Waals surface area contributed by atoms with Gasteiger partial charge in [0.1, 0.15) is 0 Å². The first-order chi connectivity index (χ1) is 5.34. The Morgan fingerprint density at radius 1 is 1.45 bits per heavy atom. The van der Waals surface area contributed by atoms with Gasteiger partial charge >= 0.3 is 0 Å². The summed E-state index contributed by atoms with van der Waals surface area (Å²) in [6.45, 7) is 3.93. The second-order valence-electron chi connectivity index (χ2n) is 2.26. The molecule has 2 nitrogen and oxygen atoms in total. The Morgan fingerprint density at radius 3 is 2.82 bits per heavy atom. The number of allylic oxidation sites excluding steroid dienone is 3. The second kappa shape index (κ2) is 3.76. The quantitative estimate of drug-likeness (QED) is 0.604. The van der Waals surface area contributed by atoms with Crippen molar-refractivity contribution in [1.82, 2.24) is 5.16 Å². The molecule has 0 bridgehead atoms. The lowest BCUT2D eigenvalue weighted by atomic mass is 10.3. The molecule has 0 aliphatic heterocycles. The fourth-order valence-corrected chi connectivity index (χ4v) is 0.714. The maximum absolute atomic E-state index is 4.94. The van der Waals surface area contributed by atoms with Crippen molar-refractivity contribution in [2.45, 2.75) is 13.8 Å². The van der Waals surface area contributed by atoms with E-state index in [1.807, 2.05) is 38.2 Å². The lowest BCUT2D eigenvalue weighted by Crippen LogP contribution is -1.67. The first kappa shape index (κ1) is 7.79. The van der Waals surface area contributed by atoms with Crippen LogP contribution in [-0.4, -0.2) is 5.16 Å². The average Bonchev–Trinajstić information content (AvgIpc) is 2.37. The van der Waals surface area contributed by atoms with E-state index in [-0.39, 0.29) is 0 Å². The predicted molar refractivity (Wildman–Crippen MR) is 45.1 cm³/mol. The first-order valence-electron chi connectivity index (χ1n) is 3.55. The van der Waals surface area contributed by atoms with Gasteiger partial charge in [-0.15, -0.1) is 0 Å². The molecule has 2 heteroatoms. The van der Waals surface area contributed by atoms with Crippen LogP contribution in [0.1, 0.15) is 18.2 Å². The van der Waals surface area contributed by atoms with Gasteiger partial charge in [0.15, 0.2) is 5.76 Å². The standard InChI is InChI=1S/C9H11NO/c1-3-4-5-6-9-8(2)7-10-11-9/h3-7H,1-2H3/b4-3+,6-5-. The summed E-state index contributed by atoms with van der Waals surface area (Å²) in [5, 5.41) is 3.65. The summed E-state index contributed by atoms with van der Waals surface area (Å²) in [6, 6.07) is 0. The minimum absolute atomic E-state index is 0.822. The maximum Gasteiger partial charge on any atom is 0.162 e. The fraction of sp³-hybridized carbons (Fsp3) is 0.222. The molecule has 0 amide bonds. The minimum atomic E-state index is 0.822. The highest BCUT2D eigenvalue weighted by Gasteiger charge is 1.95. The van der Waals surface area contributed by atoms with E-state index in [1.165, 1.54) is 0 Å². The van der Waals surface area contributed by atoms with E-state index in [9.17, 15) is 0 Å². The predicted octanol–water partition coefficient (Wildman–Crippen LogP) is 2.57. The van der Waals surface area contributed by atoms with Crippen LogP contribution in [0.3, 0.4) is 0 Å². The Hall–Kier alpha value is -1.31. The van der Waals surface area contributed by atoms with Gasteiger partial charge in [0.25, 0.3) is 0 Å². The van der Waals surface area contributed by atoms with Crippen LogP contribution in [0.15, 0.2) is 28.9 Å². The van der Waals surface area contributed by atoms with Gasteiger partial charge in [0, 0.05) is 5.56 Å². The third-order valence-corrected chi connectivity index (χ3v) is 1.34. The van der Waals surface area contributed by atoms with Gasteiger partial charge in [0.2, 0.25) is 0 Å². The Balaban J connectivity index is 2.71. The van der Waals surface area contributed by atoms with E-state index in [2.05, 4.69) is 5.16 Å². The highest BCUT2D eigenvalue weighted by molar-refractivity contribution is 5.47. The molecule has 0 radical (unpaired) electrons. The molecule has 0 N–H and O–H groups in total. The van der Waals surface area contributed by atoms with Gasteiger partial charge in [-0.05, 0) is 19.9 Å². The van der Waals surface area contributed by atoms with E-state index in [1.54, 1.807) is 6.20 Å². The molecular formula is C9H11NO. The summed E-state index contributed by atoms with van der Waals surface area (Å²) in [4.78, 5) is 0. The molecular weight excluding hydrogens is 138 g/mol. The highest BCUT2D eigenvalue weighted by Crippen LogP contribution is 2.07. The summed E-state index contributed by atoms with van der Waals surface area (Å²) in [5.74, 6) is 0.822. The summed E-state index contributed by atoms with van der Waals surface area (Å²) >= 11 is 0. The normalized spacial score (nSPS) is 11.8. The Morgan fingerprint density at radius 2 is 2.27 bits per heavy atom. The molecule has 0 unspecified atom stereocenters. The lowest BCUT2D eigenvalue weighted by molar-refractivity contribution is 0.412. The summed E-state index contributed by atoms with van der Waals surface area (Å²) in [7, 11) is 0. The van der Waals surface area contributed by atoms with Crippen molar-refractivity contribution < 1.29 is 4.52 Å². The SMILES string of the molecule is C/C=C/C=C\c1oncc1C. The van der Waals surface area contributed by atoms with Crippen LogP contribution in [0.2, 0.25) is 0 Å². The number of nitrogens with zero attached hydrogens (tertiary/aromatic N) is 1. The van der Waals surface area contributed by atoms with Crippen molar-refractivity contribution in [2.75, 3.05) is 0 Å². The zero-order valence-corrected chi connectivity index (χ0v) is 6.74. The van der Waals surface area contributed by atoms with Gasteiger partial charge in [-0.1, -0.05) is 23.4 Å². The van der Waals surface area contributed by atoms with Crippen LogP contribution in [0.4, 0.5) is 0 Å². The molecule has 1 rings (SSSR count). The molecule has 0 atom stereocenters. The van der Waals surface area contributed by atoms with Gasteiger partial charge in [0.05, 0.1) is 6.20 Å². The van der Waals surface area contributed by atoms with Crippen molar-refractivity contribution in [3.8, 4) is 0 Å². The van der Waals surface area contributed by atoms with Gasteiger partial charge in [-0.3, -0.25) is 0 Å². The maximum atomic E-state index is 4.94. The molecule has 1 heterocycles. The van der Waals surface area contributed by atoms with E-state index in [0.717, 1.165) is 11.3 Å². The van der Waals surface area contributed by atoms with Crippen molar-refractivity contribution in [2.24, 2.45) is 0 Å². The Kier molecular flexibility index (Phi) is 2.66. The first-order valence-corrected chi connectivity index (χ1v) is 3.55. The zero-order chi connectivity index (χ0) is 8.10. The highest BCUT2D eigenvalue weighted by atomic mass is 16.5. The Labute approximate surface area is 66.2 Å². The Bertz CT molecular complexity index is 271. The molecule has 0 saturated heterocycles. The van der Waals surface area contributed by atoms with E-state index >= 15 is 0 Å². The van der Waals surface area contributed by atoms with Gasteiger partial charge < -0.3 is 4.52 Å². The van der Waals surface area contributed by atoms with Gasteiger partial charge in [-0.2, -0.15) is 0 Å². The van der Waals surface area contributed by atoms with Crippen molar-refractivity contribution in [3.63, 3.8) is 0 Å². The largest absolute Gasteiger partial charge is 0.357 e. The van der Waals surface area contributed by atoms with Crippen LogP contribution in [-0.2, 0) is 0 Å². The molecule has 1 aromatic rings. The smallest absolute Gasteiger partial charge is 0.162 e. The second-order valence-corrected chi connectivity index (χ2v) is 2.26. The van der Waals surface area contributed by atoms with Crippen LogP contribution in [0, 0.1) is 6.92 Å². The number of hydrogen-bond donors (Lipinski definition) is 0. The monoisotopic (exact) mass is 149 g/mol. The topological polar surface area (TPSA) is 26.0 Å². The molecule has 58 valence electrons. The lowest BCUT2D eigenvalue weighted by Gasteiger charge is -1.82. The molecule has 0 aromatic carbocycles. The number of aromatic nitrogens is 1. The molecule has 0 saturated carbocycles. The minimum Gasteiger partial charge on any atom is -0.357 e. The van der Waals surface area contributed by atoms with E-state index < -0.39 is 0 Å². The van der Waals surface area contributed by atoms with Crippen molar-refractivity contribution in [1.29, 1.82) is 0 Å². The molecule has 0 spiro atoms. The third kappa shape index (κ3) is 2.08. The number of aryl methyl sites for hydroxylation is 1. The van der Waals surface area contributed by atoms with Crippen molar-refractivity contribution >= 4 is 6.08 Å². The molecule has 0 aliphatic rings. The number of hydrogen-bond acceptors (Lipinski definition) is 2. The van der Waals surface area contributed by atoms with Crippen LogP contribution >= 0.6 is 0 Å². The summed E-state index contributed by atoms with van der Waals surface area (Å²) in [6.07, 6.45) is 9.43. The third-order valence-electron chi connectivity index (χ3n) is 1.34. The van der Waals surface area contributed by atoms with E-state index in [0.29, 0.717) is 0 Å². The molecule has 0 fully saturated rings. The van der Waals surface area contributed by atoms with Crippen LogP contribution in [0.25, 0.3) is 6.08 Å². The van der Waals surface area contributed by atoms with Crippen LogP contribution < -0.4 is 0 Å². The number of rotatable bonds is 2. The van der Waals surface area contributed by atoms with E-state index in [4.69, 9.17) is 4.52 Å². The van der Waals surface area contributed by atoms with Crippen LogP contribution in [0.5, 0.6) is 0 Å². The van der Waals surface area contributed by atoms with Gasteiger partial charge in [-0.25, -0.2) is 0 Å². The zero-order valence-electron chi connectivity index (χ0n) is 6.74. The summed E-state index contributed by atoms with van der Waals surface area (Å²) in [5.41, 5.74) is 1.06. The fourth-order valence-electron chi connectivity index (χ4n) is 0.714. The molecule has 1 aromatic heterocycles. The molecule has 11 heavy (non-hydrogen) atoms. The summed E-state index contributed by atoms with van der Waals surface area (Å²) < 4.78 is 4.94. The molecule has 0 aliphatic carbocycles. The average molecular weight is 149 g/mol. The van der Waals surface area contributed by atoms with Crippen molar-refractivity contribution in [3.05, 3.63) is 35.7 Å².